The van der Waals surface area contributed by atoms with Gasteiger partial charge in [0.25, 0.3) is 11.8 Å². The minimum Gasteiger partial charge on any atom is -0.478 e. The summed E-state index contributed by atoms with van der Waals surface area (Å²) < 4.78 is 0. The molecule has 9 heteroatoms. The first-order chi connectivity index (χ1) is 26.7. The maximum absolute atomic E-state index is 14.1. The van der Waals surface area contributed by atoms with Crippen molar-refractivity contribution in [2.75, 3.05) is 36.9 Å². The number of nitrogens with zero attached hydrogens (tertiary/aromatic N) is 2. The molecule has 1 spiro atoms. The van der Waals surface area contributed by atoms with Crippen LogP contribution < -0.4 is 15.5 Å². The van der Waals surface area contributed by atoms with Crippen molar-refractivity contribution < 1.29 is 24.3 Å². The number of carboxylic acid groups (broad SMARTS) is 1. The number of amides is 3. The smallest absolute Gasteiger partial charge is 0.335 e. The van der Waals surface area contributed by atoms with Crippen molar-refractivity contribution in [2.24, 2.45) is 5.41 Å². The molecule has 0 fully saturated rings. The van der Waals surface area contributed by atoms with Gasteiger partial charge in [-0.25, -0.2) is 4.79 Å². The monoisotopic (exact) mass is 732 g/mol. The normalized spacial score (nSPS) is 16.3. The van der Waals surface area contributed by atoms with Gasteiger partial charge in [0.15, 0.2) is 0 Å². The summed E-state index contributed by atoms with van der Waals surface area (Å²) in [4.78, 5) is 56.0. The first kappa shape index (κ1) is 37.0. The lowest BCUT2D eigenvalue weighted by atomic mass is 9.79. The number of carbonyl (C=O) groups is 4. The van der Waals surface area contributed by atoms with Crippen molar-refractivity contribution in [3.05, 3.63) is 167 Å². The lowest BCUT2D eigenvalue weighted by Crippen LogP contribution is -2.33. The molecule has 9 nitrogen and oxygen atoms in total. The Bertz CT molecular complexity index is 2250. The van der Waals surface area contributed by atoms with E-state index in [2.05, 4.69) is 27.7 Å². The molecule has 0 aromatic heterocycles. The van der Waals surface area contributed by atoms with Crippen LogP contribution in [0.5, 0.6) is 0 Å². The molecular formula is C46H44N4O5. The second kappa shape index (κ2) is 16.4. The fraction of sp³-hybridized carbons (Fsp3) is 0.217. The van der Waals surface area contributed by atoms with Crippen molar-refractivity contribution >= 4 is 35.1 Å². The van der Waals surface area contributed by atoms with Gasteiger partial charge in [-0.2, -0.15) is 0 Å². The highest BCUT2D eigenvalue weighted by Crippen LogP contribution is 2.46. The number of para-hydroxylation sites is 1. The number of carbonyl (C=O) groups excluding carboxylic acids is 3. The van der Waals surface area contributed by atoms with E-state index >= 15 is 0 Å². The highest BCUT2D eigenvalue weighted by atomic mass is 16.4. The van der Waals surface area contributed by atoms with Gasteiger partial charge in [-0.3, -0.25) is 14.4 Å². The van der Waals surface area contributed by atoms with E-state index in [1.807, 2.05) is 90.8 Å². The van der Waals surface area contributed by atoms with E-state index in [9.17, 15) is 24.3 Å². The van der Waals surface area contributed by atoms with E-state index < -0.39 is 5.97 Å². The van der Waals surface area contributed by atoms with Crippen LogP contribution in [-0.4, -0.2) is 60.4 Å². The Morgan fingerprint density at radius 2 is 1.53 bits per heavy atom. The molecule has 2 aliphatic rings. The van der Waals surface area contributed by atoms with E-state index in [0.717, 1.165) is 52.8 Å². The van der Waals surface area contributed by atoms with E-state index in [-0.39, 0.29) is 28.7 Å². The number of fused-ring (bicyclic) bond motifs is 1. The number of benzene rings is 5. The summed E-state index contributed by atoms with van der Waals surface area (Å²) in [6.45, 7) is 2.15. The first-order valence-electron chi connectivity index (χ1n) is 18.6. The van der Waals surface area contributed by atoms with Crippen molar-refractivity contribution in [2.45, 2.75) is 32.2 Å². The maximum Gasteiger partial charge on any atom is 0.335 e. The van der Waals surface area contributed by atoms with Crippen molar-refractivity contribution in [1.82, 2.24) is 10.2 Å². The molecule has 55 heavy (non-hydrogen) atoms. The molecule has 0 radical (unpaired) electrons. The minimum absolute atomic E-state index is 0.0700. The van der Waals surface area contributed by atoms with Crippen LogP contribution in [-0.2, 0) is 17.8 Å². The largest absolute Gasteiger partial charge is 0.478 e. The predicted octanol–water partition coefficient (Wildman–Crippen LogP) is 7.85. The fourth-order valence-corrected chi connectivity index (χ4v) is 7.74. The Balaban J connectivity index is 0.982. The quantitative estimate of drug-likeness (QED) is 0.127. The van der Waals surface area contributed by atoms with Gasteiger partial charge >= 0.3 is 5.97 Å². The zero-order chi connectivity index (χ0) is 38.4. The first-order valence-corrected chi connectivity index (χ1v) is 18.6. The van der Waals surface area contributed by atoms with Crippen molar-refractivity contribution in [1.29, 1.82) is 0 Å². The van der Waals surface area contributed by atoms with Crippen LogP contribution in [0.15, 0.2) is 139 Å². The number of allylic oxidation sites excluding steroid dienone is 1. The molecule has 278 valence electrons. The third-order valence-electron chi connectivity index (χ3n) is 10.6. The van der Waals surface area contributed by atoms with Crippen LogP contribution in [0.1, 0.15) is 61.5 Å². The molecule has 5 aromatic rings. The SMILES string of the molecule is CN(CCNC(=O)C1=C[C@@]2(CC1)CCN(C(=O)c1ccc(NC(=O)c3ccccc3-c3ccccc3)cc1)c1ccccc1C2)Cc1cccc(C(=O)O)c1. The minimum atomic E-state index is -0.952. The molecule has 0 saturated carbocycles. The van der Waals surface area contributed by atoms with Crippen LogP contribution in [0.4, 0.5) is 11.4 Å². The summed E-state index contributed by atoms with van der Waals surface area (Å²) in [5.74, 6) is -1.36. The molecule has 0 saturated heterocycles. The van der Waals surface area contributed by atoms with E-state index in [0.29, 0.717) is 49.4 Å². The van der Waals surface area contributed by atoms with E-state index in [1.54, 1.807) is 42.5 Å². The summed E-state index contributed by atoms with van der Waals surface area (Å²) >= 11 is 0. The average molecular weight is 733 g/mol. The number of carboxylic acids is 1. The summed E-state index contributed by atoms with van der Waals surface area (Å²) in [5, 5.41) is 15.4. The summed E-state index contributed by atoms with van der Waals surface area (Å²) in [6, 6.07) is 39.2. The van der Waals surface area contributed by atoms with Gasteiger partial charge in [-0.1, -0.05) is 84.9 Å². The molecule has 0 bridgehead atoms. The topological polar surface area (TPSA) is 119 Å². The zero-order valence-electron chi connectivity index (χ0n) is 30.8. The molecule has 7 rings (SSSR count). The molecule has 5 aromatic carbocycles. The van der Waals surface area contributed by atoms with Crippen molar-refractivity contribution in [3.8, 4) is 11.1 Å². The molecule has 1 heterocycles. The zero-order valence-corrected chi connectivity index (χ0v) is 30.8. The number of nitrogens with one attached hydrogen (secondary N) is 2. The van der Waals surface area contributed by atoms with Crippen LogP contribution in [0, 0.1) is 5.41 Å². The predicted molar refractivity (Wildman–Crippen MR) is 215 cm³/mol. The second-order valence-electron chi connectivity index (χ2n) is 14.5. The van der Waals surface area contributed by atoms with Crippen LogP contribution in [0.2, 0.25) is 0 Å². The second-order valence-corrected chi connectivity index (χ2v) is 14.5. The van der Waals surface area contributed by atoms with Crippen molar-refractivity contribution in [3.63, 3.8) is 0 Å². The van der Waals surface area contributed by atoms with Gasteiger partial charge in [-0.15, -0.1) is 0 Å². The molecule has 1 aliphatic carbocycles. The van der Waals surface area contributed by atoms with E-state index in [1.165, 1.54) is 0 Å². The molecule has 1 aliphatic heterocycles. The van der Waals surface area contributed by atoms with Crippen LogP contribution in [0.3, 0.4) is 0 Å². The summed E-state index contributed by atoms with van der Waals surface area (Å²) in [5.41, 5.74) is 7.13. The van der Waals surface area contributed by atoms with Gasteiger partial charge in [0, 0.05) is 54.3 Å². The van der Waals surface area contributed by atoms with Gasteiger partial charge in [0.2, 0.25) is 5.91 Å². The van der Waals surface area contributed by atoms with Crippen LogP contribution in [0.25, 0.3) is 11.1 Å². The lowest BCUT2D eigenvalue weighted by Gasteiger charge is -2.26. The molecule has 3 amide bonds. The lowest BCUT2D eigenvalue weighted by molar-refractivity contribution is -0.117. The molecule has 0 unspecified atom stereocenters. The summed E-state index contributed by atoms with van der Waals surface area (Å²) in [7, 11) is 1.94. The van der Waals surface area contributed by atoms with Crippen LogP contribution >= 0.6 is 0 Å². The Kier molecular flexibility index (Phi) is 11.0. The number of hydrogen-bond acceptors (Lipinski definition) is 5. The third kappa shape index (κ3) is 8.58. The number of likely N-dealkylation sites (N-methyl/N-ethyl adjacent to an activating group) is 1. The number of rotatable bonds is 11. The van der Waals surface area contributed by atoms with Gasteiger partial charge in [-0.05, 0) is 109 Å². The van der Waals surface area contributed by atoms with Gasteiger partial charge in [0.05, 0.1) is 5.56 Å². The maximum atomic E-state index is 14.1. The average Bonchev–Trinajstić information content (AvgIpc) is 3.55. The highest BCUT2D eigenvalue weighted by molar-refractivity contribution is 6.10. The standard InChI is InChI=1S/C46H44N4O5/c1-49(31-32-10-9-14-35(28-32)45(54)55)27-25-47-42(51)37-22-23-46(30-37)24-26-50(41-17-8-5-13-36(41)29-46)44(53)34-18-20-38(21-19-34)48-43(52)40-16-7-6-15-39(40)33-11-3-2-4-12-33/h2-21,28,30H,22-27,29,31H2,1H3,(H,47,51)(H,48,52)(H,54,55)/t46-/m0/s1. The van der Waals surface area contributed by atoms with Gasteiger partial charge in [0.1, 0.15) is 0 Å². The fourth-order valence-electron chi connectivity index (χ4n) is 7.74. The van der Waals surface area contributed by atoms with E-state index in [4.69, 9.17) is 0 Å². The number of hydrogen-bond donors (Lipinski definition) is 3. The Morgan fingerprint density at radius 3 is 2.33 bits per heavy atom. The van der Waals surface area contributed by atoms with Gasteiger partial charge < -0.3 is 25.5 Å². The Hall–Kier alpha value is -6.32. The number of anilines is 2. The molecule has 1 atom stereocenters. The Morgan fingerprint density at radius 1 is 0.782 bits per heavy atom. The third-order valence-corrected chi connectivity index (χ3v) is 10.6. The molecule has 3 N–H and O–H groups in total. The number of aromatic carboxylic acids is 1. The molecular weight excluding hydrogens is 689 g/mol. The summed E-state index contributed by atoms with van der Waals surface area (Å²) in [6.07, 6.45) is 5.09. The Labute approximate surface area is 321 Å². The highest BCUT2D eigenvalue weighted by Gasteiger charge is 2.39.